The van der Waals surface area contributed by atoms with Gasteiger partial charge in [0.05, 0.1) is 0 Å². The molecule has 0 amide bonds. The van der Waals surface area contributed by atoms with Gasteiger partial charge < -0.3 is 15.5 Å². The fourth-order valence-corrected chi connectivity index (χ4v) is 2.24. The molecule has 1 heterocycles. The normalized spacial score (nSPS) is 17.1. The summed E-state index contributed by atoms with van der Waals surface area (Å²) in [4.78, 5) is 1.62. The van der Waals surface area contributed by atoms with Crippen LogP contribution in [-0.4, -0.2) is 47.7 Å². The molecule has 1 aliphatic rings. The highest BCUT2D eigenvalue weighted by molar-refractivity contribution is 5.85. The zero-order valence-corrected chi connectivity index (χ0v) is 12.3. The second-order valence-corrected chi connectivity index (χ2v) is 4.28. The molecule has 116 valence electrons. The predicted molar refractivity (Wildman–Crippen MR) is 77.5 cm³/mol. The van der Waals surface area contributed by atoms with Crippen molar-refractivity contribution in [3.8, 4) is 11.5 Å². The van der Waals surface area contributed by atoms with E-state index in [0.717, 1.165) is 0 Å². The van der Waals surface area contributed by atoms with Gasteiger partial charge in [-0.25, -0.2) is 8.78 Å². The Hall–Kier alpha value is -0.820. The van der Waals surface area contributed by atoms with Crippen molar-refractivity contribution < 1.29 is 19.0 Å². The molecule has 8 heteroatoms. The molecule has 3 N–H and O–H groups in total. The van der Waals surface area contributed by atoms with E-state index in [1.807, 2.05) is 0 Å². The summed E-state index contributed by atoms with van der Waals surface area (Å²) in [5.41, 5.74) is 0.0758. The van der Waals surface area contributed by atoms with E-state index in [2.05, 4.69) is 5.32 Å². The van der Waals surface area contributed by atoms with Gasteiger partial charge in [0.15, 0.2) is 11.5 Å². The Morgan fingerprint density at radius 2 is 1.70 bits per heavy atom. The molecule has 0 spiro atoms. The fourth-order valence-electron chi connectivity index (χ4n) is 2.24. The Morgan fingerprint density at radius 1 is 1.10 bits per heavy atom. The number of aromatic hydroxyl groups is 2. The number of nitrogens with one attached hydrogen (secondary N) is 1. The van der Waals surface area contributed by atoms with Gasteiger partial charge >= 0.3 is 0 Å². The van der Waals surface area contributed by atoms with Crippen LogP contribution < -0.4 is 5.32 Å². The van der Waals surface area contributed by atoms with Gasteiger partial charge in [-0.15, -0.1) is 24.8 Å². The molecule has 0 aromatic heterocycles. The molecule has 20 heavy (non-hydrogen) atoms. The molecule has 1 aromatic rings. The summed E-state index contributed by atoms with van der Waals surface area (Å²) in [6.07, 6.45) is -2.62. The molecule has 1 aliphatic heterocycles. The summed E-state index contributed by atoms with van der Waals surface area (Å²) in [5, 5.41) is 22.2. The number of nitrogens with zero attached hydrogens (tertiary/aromatic N) is 1. The largest absolute Gasteiger partial charge is 0.504 e. The average molecular weight is 331 g/mol. The van der Waals surface area contributed by atoms with E-state index >= 15 is 0 Å². The van der Waals surface area contributed by atoms with Gasteiger partial charge in [-0.1, -0.05) is 12.1 Å². The van der Waals surface area contributed by atoms with Gasteiger partial charge in [-0.05, 0) is 6.07 Å². The second kappa shape index (κ2) is 8.46. The summed E-state index contributed by atoms with van der Waals surface area (Å²) in [7, 11) is 0. The zero-order chi connectivity index (χ0) is 13.1. The van der Waals surface area contributed by atoms with Crippen LogP contribution in [-0.2, 0) is 0 Å². The third-order valence-corrected chi connectivity index (χ3v) is 3.15. The van der Waals surface area contributed by atoms with Gasteiger partial charge in [0.2, 0.25) is 0 Å². The lowest BCUT2D eigenvalue weighted by molar-refractivity contribution is 0.0169. The van der Waals surface area contributed by atoms with Gasteiger partial charge in [0.25, 0.3) is 6.43 Å². The lowest BCUT2D eigenvalue weighted by atomic mass is 10.0. The van der Waals surface area contributed by atoms with Gasteiger partial charge in [0.1, 0.15) is 6.04 Å². The summed E-state index contributed by atoms with van der Waals surface area (Å²) >= 11 is 0. The van der Waals surface area contributed by atoms with E-state index in [-0.39, 0.29) is 36.1 Å². The number of benzene rings is 1. The molecule has 2 rings (SSSR count). The third kappa shape index (κ3) is 4.09. The minimum atomic E-state index is -2.62. The predicted octanol–water partition coefficient (Wildman–Crippen LogP) is 2.15. The molecule has 0 aliphatic carbocycles. The van der Waals surface area contributed by atoms with Crippen molar-refractivity contribution in [1.29, 1.82) is 0 Å². The highest BCUT2D eigenvalue weighted by Crippen LogP contribution is 2.38. The number of halogens is 4. The highest BCUT2D eigenvalue weighted by Gasteiger charge is 2.32. The van der Waals surface area contributed by atoms with Crippen LogP contribution in [0.15, 0.2) is 18.2 Å². The maximum atomic E-state index is 13.2. The summed E-state index contributed by atoms with van der Waals surface area (Å²) < 4.78 is 26.5. The van der Waals surface area contributed by atoms with Crippen LogP contribution in [0.25, 0.3) is 0 Å². The van der Waals surface area contributed by atoms with Crippen molar-refractivity contribution in [3.05, 3.63) is 23.8 Å². The Balaban J connectivity index is 0.00000180. The van der Waals surface area contributed by atoms with Crippen molar-refractivity contribution in [1.82, 2.24) is 10.2 Å². The molecule has 0 bridgehead atoms. The molecule has 1 saturated heterocycles. The minimum Gasteiger partial charge on any atom is -0.504 e. The molecule has 4 nitrogen and oxygen atoms in total. The first-order valence-electron chi connectivity index (χ1n) is 5.85. The molecular formula is C12H18Cl2F2N2O2. The van der Waals surface area contributed by atoms with Crippen LogP contribution in [0.5, 0.6) is 11.5 Å². The van der Waals surface area contributed by atoms with Gasteiger partial charge in [-0.2, -0.15) is 0 Å². The fraction of sp³-hybridized carbons (Fsp3) is 0.500. The number of hydrogen-bond acceptors (Lipinski definition) is 4. The minimum absolute atomic E-state index is 0. The van der Waals surface area contributed by atoms with Crippen molar-refractivity contribution in [2.45, 2.75) is 12.5 Å². The molecule has 1 fully saturated rings. The number of phenolic OH excluding ortho intramolecular Hbond substituents is 2. The number of alkyl halides is 2. The number of para-hydroxylation sites is 1. The quantitative estimate of drug-likeness (QED) is 0.743. The van der Waals surface area contributed by atoms with E-state index < -0.39 is 18.2 Å². The van der Waals surface area contributed by atoms with Crippen LogP contribution in [0.3, 0.4) is 0 Å². The molecule has 0 radical (unpaired) electrons. The Labute approximate surface area is 128 Å². The standard InChI is InChI=1S/C12H16F2N2O2.2ClH/c13-12(14)10(16-6-4-15-5-7-16)8-2-1-3-9(17)11(8)18;;/h1-3,10,12,15,17-18H,4-7H2;2*1H/t10-;;/m0../s1. The lowest BCUT2D eigenvalue weighted by Gasteiger charge is -2.34. The molecule has 1 aromatic carbocycles. The molecule has 0 unspecified atom stereocenters. The Morgan fingerprint density at radius 3 is 2.25 bits per heavy atom. The monoisotopic (exact) mass is 330 g/mol. The van der Waals surface area contributed by atoms with Crippen molar-refractivity contribution in [3.63, 3.8) is 0 Å². The average Bonchev–Trinajstić information content (AvgIpc) is 2.36. The third-order valence-electron chi connectivity index (χ3n) is 3.15. The zero-order valence-electron chi connectivity index (χ0n) is 10.6. The summed E-state index contributed by atoms with van der Waals surface area (Å²) in [6, 6.07) is 2.98. The van der Waals surface area contributed by atoms with E-state index in [9.17, 15) is 19.0 Å². The summed E-state index contributed by atoms with van der Waals surface area (Å²) in [6.45, 7) is 2.26. The van der Waals surface area contributed by atoms with Crippen LogP contribution >= 0.6 is 24.8 Å². The first-order chi connectivity index (χ1) is 8.61. The van der Waals surface area contributed by atoms with E-state index in [0.29, 0.717) is 26.2 Å². The number of phenols is 2. The van der Waals surface area contributed by atoms with Crippen LogP contribution in [0.4, 0.5) is 8.78 Å². The maximum Gasteiger partial charge on any atom is 0.258 e. The molecule has 1 atom stereocenters. The topological polar surface area (TPSA) is 55.7 Å². The van der Waals surface area contributed by atoms with Crippen LogP contribution in [0, 0.1) is 0 Å². The summed E-state index contributed by atoms with van der Waals surface area (Å²) in [5.74, 6) is -0.824. The van der Waals surface area contributed by atoms with Gasteiger partial charge in [-0.3, -0.25) is 4.90 Å². The Bertz CT molecular complexity index is 418. The first-order valence-corrected chi connectivity index (χ1v) is 5.85. The molecular weight excluding hydrogens is 313 g/mol. The van der Waals surface area contributed by atoms with Crippen LogP contribution in [0.2, 0.25) is 0 Å². The number of rotatable bonds is 3. The lowest BCUT2D eigenvalue weighted by Crippen LogP contribution is -2.46. The SMILES string of the molecule is Cl.Cl.Oc1cccc([C@@H](C(F)F)N2CCNCC2)c1O. The second-order valence-electron chi connectivity index (χ2n) is 4.28. The van der Waals surface area contributed by atoms with Crippen molar-refractivity contribution in [2.75, 3.05) is 26.2 Å². The van der Waals surface area contributed by atoms with E-state index in [4.69, 9.17) is 0 Å². The smallest absolute Gasteiger partial charge is 0.258 e. The van der Waals surface area contributed by atoms with E-state index in [1.54, 1.807) is 4.90 Å². The van der Waals surface area contributed by atoms with Crippen molar-refractivity contribution >= 4 is 24.8 Å². The molecule has 0 saturated carbocycles. The maximum absolute atomic E-state index is 13.2. The van der Waals surface area contributed by atoms with E-state index in [1.165, 1.54) is 18.2 Å². The van der Waals surface area contributed by atoms with Gasteiger partial charge in [0, 0.05) is 31.7 Å². The first kappa shape index (κ1) is 19.2. The number of hydrogen-bond donors (Lipinski definition) is 3. The van der Waals surface area contributed by atoms with Crippen LogP contribution in [0.1, 0.15) is 11.6 Å². The van der Waals surface area contributed by atoms with Crippen molar-refractivity contribution in [2.24, 2.45) is 0 Å². The highest BCUT2D eigenvalue weighted by atomic mass is 35.5. The number of piperazine rings is 1. The Kier molecular flexibility index (Phi) is 8.12.